The van der Waals surface area contributed by atoms with E-state index in [-0.39, 0.29) is 18.0 Å². The number of carbonyl (C=O) groups excluding carboxylic acids is 1. The van der Waals surface area contributed by atoms with Gasteiger partial charge in [-0.3, -0.25) is 4.79 Å². The van der Waals surface area contributed by atoms with Crippen LogP contribution < -0.4 is 5.56 Å². The number of esters is 1. The maximum Gasteiger partial charge on any atom is 0.342 e. The van der Waals surface area contributed by atoms with E-state index in [2.05, 4.69) is 15.1 Å². The van der Waals surface area contributed by atoms with E-state index in [1.165, 1.54) is 0 Å². The summed E-state index contributed by atoms with van der Waals surface area (Å²) in [6.45, 7) is -0.207. The van der Waals surface area contributed by atoms with Crippen LogP contribution in [0.15, 0.2) is 89.9 Å². The highest BCUT2D eigenvalue weighted by Gasteiger charge is 2.20. The third-order valence-corrected chi connectivity index (χ3v) is 5.29. The Hall–Kier alpha value is -4.23. The van der Waals surface area contributed by atoms with E-state index in [0.717, 1.165) is 11.3 Å². The van der Waals surface area contributed by atoms with Gasteiger partial charge in [0.15, 0.2) is 0 Å². The first-order valence-electron chi connectivity index (χ1n) is 10.1. The van der Waals surface area contributed by atoms with Crippen LogP contribution in [-0.4, -0.2) is 25.7 Å². The standard InChI is InChI=1S/C25H17ClN4O3/c26-17-11-12-19-21(13-17)27-22(28-24(19)31)15-33-25(32)20-14-30(18-9-5-2-6-10-18)29-23(20)16-7-3-1-4-8-16/h1-14H,15H2,(H,27,28,31). The number of aromatic amines is 1. The number of hydrogen-bond donors (Lipinski definition) is 1. The van der Waals surface area contributed by atoms with Gasteiger partial charge in [0.05, 0.1) is 16.6 Å². The van der Waals surface area contributed by atoms with Crippen molar-refractivity contribution in [2.75, 3.05) is 0 Å². The van der Waals surface area contributed by atoms with Crippen molar-refractivity contribution in [2.24, 2.45) is 0 Å². The number of ether oxygens (including phenoxy) is 1. The van der Waals surface area contributed by atoms with Crippen LogP contribution >= 0.6 is 11.6 Å². The lowest BCUT2D eigenvalue weighted by molar-refractivity contribution is 0.0463. The van der Waals surface area contributed by atoms with Gasteiger partial charge in [0.2, 0.25) is 0 Å². The van der Waals surface area contributed by atoms with Gasteiger partial charge in [-0.1, -0.05) is 60.1 Å². The molecule has 162 valence electrons. The normalized spacial score (nSPS) is 10.9. The van der Waals surface area contributed by atoms with Crippen LogP contribution in [0.2, 0.25) is 5.02 Å². The molecular weight excluding hydrogens is 440 g/mol. The second-order valence-electron chi connectivity index (χ2n) is 7.29. The van der Waals surface area contributed by atoms with Gasteiger partial charge in [-0.05, 0) is 30.3 Å². The number of fused-ring (bicyclic) bond motifs is 1. The smallest absolute Gasteiger partial charge is 0.342 e. The third kappa shape index (κ3) is 4.26. The Morgan fingerprint density at radius 3 is 2.48 bits per heavy atom. The number of benzene rings is 3. The predicted molar refractivity (Wildman–Crippen MR) is 125 cm³/mol. The topological polar surface area (TPSA) is 89.9 Å². The molecule has 1 N–H and O–H groups in total. The average molecular weight is 457 g/mol. The molecule has 0 fully saturated rings. The summed E-state index contributed by atoms with van der Waals surface area (Å²) in [6.07, 6.45) is 1.64. The predicted octanol–water partition coefficient (Wildman–Crippen LogP) is 4.79. The molecule has 2 aromatic heterocycles. The van der Waals surface area contributed by atoms with Crippen molar-refractivity contribution in [3.05, 3.63) is 112 Å². The molecule has 0 amide bonds. The third-order valence-electron chi connectivity index (χ3n) is 5.06. The maximum atomic E-state index is 13.0. The number of hydrogen-bond acceptors (Lipinski definition) is 5. The molecule has 5 aromatic rings. The number of aromatic nitrogens is 4. The number of nitrogens with one attached hydrogen (secondary N) is 1. The van der Waals surface area contributed by atoms with Crippen molar-refractivity contribution in [3.8, 4) is 16.9 Å². The number of nitrogens with zero attached hydrogens (tertiary/aromatic N) is 3. The molecule has 0 bridgehead atoms. The van der Waals surface area contributed by atoms with Gasteiger partial charge in [-0.2, -0.15) is 5.10 Å². The molecule has 0 atom stereocenters. The zero-order chi connectivity index (χ0) is 22.8. The maximum absolute atomic E-state index is 13.0. The van der Waals surface area contributed by atoms with E-state index in [0.29, 0.717) is 27.2 Å². The fourth-order valence-electron chi connectivity index (χ4n) is 3.49. The van der Waals surface area contributed by atoms with Gasteiger partial charge >= 0.3 is 5.97 Å². The summed E-state index contributed by atoms with van der Waals surface area (Å²) in [5, 5.41) is 5.49. The van der Waals surface area contributed by atoms with Crippen LogP contribution in [0.25, 0.3) is 27.8 Å². The fraction of sp³-hybridized carbons (Fsp3) is 0.0400. The van der Waals surface area contributed by atoms with E-state index >= 15 is 0 Å². The van der Waals surface area contributed by atoms with Crippen molar-refractivity contribution in [3.63, 3.8) is 0 Å². The summed E-state index contributed by atoms with van der Waals surface area (Å²) in [5.41, 5.74) is 2.49. The highest BCUT2D eigenvalue weighted by atomic mass is 35.5. The Bertz CT molecular complexity index is 1510. The molecule has 33 heavy (non-hydrogen) atoms. The Balaban J connectivity index is 1.46. The fourth-order valence-corrected chi connectivity index (χ4v) is 3.65. The van der Waals surface area contributed by atoms with Crippen molar-refractivity contribution < 1.29 is 9.53 Å². The molecule has 0 aliphatic heterocycles. The van der Waals surface area contributed by atoms with Crippen LogP contribution in [0.1, 0.15) is 16.2 Å². The molecule has 5 rings (SSSR count). The summed E-state index contributed by atoms with van der Waals surface area (Å²) < 4.78 is 7.14. The van der Waals surface area contributed by atoms with E-state index in [9.17, 15) is 9.59 Å². The van der Waals surface area contributed by atoms with Gasteiger partial charge in [0, 0.05) is 16.8 Å². The highest BCUT2D eigenvalue weighted by molar-refractivity contribution is 6.31. The lowest BCUT2D eigenvalue weighted by Crippen LogP contribution is -2.14. The lowest BCUT2D eigenvalue weighted by atomic mass is 10.1. The van der Waals surface area contributed by atoms with Gasteiger partial charge in [-0.25, -0.2) is 14.5 Å². The zero-order valence-electron chi connectivity index (χ0n) is 17.2. The molecule has 2 heterocycles. The summed E-state index contributed by atoms with van der Waals surface area (Å²) >= 11 is 6.01. The number of H-pyrrole nitrogens is 1. The molecule has 0 aliphatic carbocycles. The SMILES string of the molecule is O=C(OCc1nc2cc(Cl)ccc2c(=O)[nH]1)c1cn(-c2ccccc2)nc1-c1ccccc1. The number of para-hydroxylation sites is 1. The Morgan fingerprint density at radius 2 is 1.73 bits per heavy atom. The Labute approximate surface area is 193 Å². The molecule has 0 saturated carbocycles. The molecule has 0 unspecified atom stereocenters. The summed E-state index contributed by atoms with van der Waals surface area (Å²) in [6, 6.07) is 23.7. The van der Waals surface area contributed by atoms with Crippen molar-refractivity contribution in [1.82, 2.24) is 19.7 Å². The Kier molecular flexibility index (Phi) is 5.46. The summed E-state index contributed by atoms with van der Waals surface area (Å²) in [4.78, 5) is 32.4. The summed E-state index contributed by atoms with van der Waals surface area (Å²) in [5.74, 6) is -0.357. The monoisotopic (exact) mass is 456 g/mol. The van der Waals surface area contributed by atoms with Crippen LogP contribution in [0.5, 0.6) is 0 Å². The molecule has 0 saturated heterocycles. The van der Waals surface area contributed by atoms with Gasteiger partial charge < -0.3 is 9.72 Å². The molecular formula is C25H17ClN4O3. The van der Waals surface area contributed by atoms with Crippen LogP contribution in [0.4, 0.5) is 0 Å². The largest absolute Gasteiger partial charge is 0.454 e. The van der Waals surface area contributed by atoms with Crippen molar-refractivity contribution >= 4 is 28.5 Å². The second-order valence-corrected chi connectivity index (χ2v) is 7.72. The molecule has 3 aromatic carbocycles. The molecule has 8 heteroatoms. The van der Waals surface area contributed by atoms with E-state index < -0.39 is 5.97 Å². The minimum absolute atomic E-state index is 0.207. The molecule has 7 nitrogen and oxygen atoms in total. The Morgan fingerprint density at radius 1 is 1.00 bits per heavy atom. The highest BCUT2D eigenvalue weighted by Crippen LogP contribution is 2.24. The quantitative estimate of drug-likeness (QED) is 0.384. The van der Waals surface area contributed by atoms with E-state index in [1.54, 1.807) is 29.1 Å². The number of rotatable bonds is 5. The zero-order valence-corrected chi connectivity index (χ0v) is 18.0. The minimum Gasteiger partial charge on any atom is -0.454 e. The first-order chi connectivity index (χ1) is 16.1. The van der Waals surface area contributed by atoms with Crippen LogP contribution in [0, 0.1) is 0 Å². The van der Waals surface area contributed by atoms with E-state index in [4.69, 9.17) is 16.3 Å². The van der Waals surface area contributed by atoms with Crippen LogP contribution in [-0.2, 0) is 11.3 Å². The first-order valence-corrected chi connectivity index (χ1v) is 10.5. The summed E-state index contributed by atoms with van der Waals surface area (Å²) in [7, 11) is 0. The van der Waals surface area contributed by atoms with Crippen molar-refractivity contribution in [2.45, 2.75) is 6.61 Å². The minimum atomic E-state index is -0.579. The van der Waals surface area contributed by atoms with E-state index in [1.807, 2.05) is 60.7 Å². The first kappa shape index (κ1) is 20.7. The van der Waals surface area contributed by atoms with Gasteiger partial charge in [-0.15, -0.1) is 0 Å². The number of halogens is 1. The van der Waals surface area contributed by atoms with Gasteiger partial charge in [0.25, 0.3) is 5.56 Å². The lowest BCUT2D eigenvalue weighted by Gasteiger charge is -2.06. The average Bonchev–Trinajstić information content (AvgIpc) is 3.29. The molecule has 0 radical (unpaired) electrons. The molecule has 0 aliphatic rings. The number of carbonyl (C=O) groups is 1. The van der Waals surface area contributed by atoms with Crippen molar-refractivity contribution in [1.29, 1.82) is 0 Å². The second kappa shape index (κ2) is 8.72. The van der Waals surface area contributed by atoms with Crippen LogP contribution in [0.3, 0.4) is 0 Å². The van der Waals surface area contributed by atoms with Gasteiger partial charge in [0.1, 0.15) is 23.7 Å². The molecule has 0 spiro atoms.